The Kier molecular flexibility index (Phi) is 7.28. The summed E-state index contributed by atoms with van der Waals surface area (Å²) in [6, 6.07) is 7.55. The molecular formula is C22H31ClN6O3S. The highest BCUT2D eigenvalue weighted by Crippen LogP contribution is 2.25. The van der Waals surface area contributed by atoms with E-state index in [0.29, 0.717) is 50.8 Å². The normalized spacial score (nSPS) is 19.0. The molecule has 2 saturated heterocycles. The third-order valence-electron chi connectivity index (χ3n) is 6.29. The van der Waals surface area contributed by atoms with Crippen LogP contribution in [-0.4, -0.2) is 97.6 Å². The molecule has 2 aliphatic heterocycles. The zero-order chi connectivity index (χ0) is 23.6. The fourth-order valence-electron chi connectivity index (χ4n) is 4.30. The molecule has 0 N–H and O–H groups in total. The molecule has 0 aliphatic carbocycles. The Labute approximate surface area is 200 Å². The molecule has 0 radical (unpaired) electrons. The number of nitrogens with zero attached hydrogens (tertiary/aromatic N) is 6. The van der Waals surface area contributed by atoms with Gasteiger partial charge in [0, 0.05) is 69.3 Å². The molecule has 11 heteroatoms. The van der Waals surface area contributed by atoms with Gasteiger partial charge in [-0.25, -0.2) is 8.42 Å². The number of piperazine rings is 1. The van der Waals surface area contributed by atoms with Crippen LogP contribution in [0.1, 0.15) is 23.7 Å². The van der Waals surface area contributed by atoms with Crippen molar-refractivity contribution in [3.05, 3.63) is 41.0 Å². The van der Waals surface area contributed by atoms with E-state index in [1.165, 1.54) is 8.99 Å². The second-order valence-corrected chi connectivity index (χ2v) is 10.8. The molecule has 9 nitrogen and oxygen atoms in total. The molecule has 4 rings (SSSR count). The van der Waals surface area contributed by atoms with Gasteiger partial charge in [0.25, 0.3) is 15.9 Å². The number of hydrogen-bond acceptors (Lipinski definition) is 6. The standard InChI is InChI=1S/C22H31ClN6O3S/c1-3-28-17-20(22(30)27-9-5-8-25(2)10-11-27)21(24-28)33(31,32)29-14-12-26(13-15-29)19-7-4-6-18(23)16-19/h4,6-7,16-17H,3,5,8-15H2,1-2H3. The quantitative estimate of drug-likeness (QED) is 0.631. The van der Waals surface area contributed by atoms with Gasteiger partial charge >= 0.3 is 0 Å². The summed E-state index contributed by atoms with van der Waals surface area (Å²) in [4.78, 5) is 19.4. The highest BCUT2D eigenvalue weighted by atomic mass is 35.5. The van der Waals surface area contributed by atoms with Crippen molar-refractivity contribution in [3.8, 4) is 0 Å². The predicted octanol–water partition coefficient (Wildman–Crippen LogP) is 1.84. The van der Waals surface area contributed by atoms with E-state index in [9.17, 15) is 13.2 Å². The van der Waals surface area contributed by atoms with Crippen LogP contribution in [0.4, 0.5) is 5.69 Å². The van der Waals surface area contributed by atoms with Gasteiger partial charge in [-0.3, -0.25) is 9.48 Å². The van der Waals surface area contributed by atoms with E-state index in [0.717, 1.165) is 25.2 Å². The van der Waals surface area contributed by atoms with E-state index in [-0.39, 0.29) is 16.5 Å². The lowest BCUT2D eigenvalue weighted by atomic mass is 10.2. The summed E-state index contributed by atoms with van der Waals surface area (Å²) in [5.74, 6) is -0.263. The predicted molar refractivity (Wildman–Crippen MR) is 128 cm³/mol. The fourth-order valence-corrected chi connectivity index (χ4v) is 6.00. The SMILES string of the molecule is CCn1cc(C(=O)N2CCCN(C)CC2)c(S(=O)(=O)N2CCN(c3cccc(Cl)c3)CC2)n1. The van der Waals surface area contributed by atoms with Crippen LogP contribution >= 0.6 is 11.6 Å². The molecule has 0 unspecified atom stereocenters. The summed E-state index contributed by atoms with van der Waals surface area (Å²) >= 11 is 6.11. The van der Waals surface area contributed by atoms with Gasteiger partial charge in [-0.15, -0.1) is 0 Å². The van der Waals surface area contributed by atoms with Crippen LogP contribution < -0.4 is 4.90 Å². The number of carbonyl (C=O) groups excluding carboxylic acids is 1. The third-order valence-corrected chi connectivity index (χ3v) is 8.36. The Morgan fingerprint density at radius 2 is 1.82 bits per heavy atom. The first kappa shape index (κ1) is 24.0. The molecule has 180 valence electrons. The fraction of sp³-hybridized carbons (Fsp3) is 0.545. The molecule has 0 bridgehead atoms. The molecule has 0 spiro atoms. The Morgan fingerprint density at radius 1 is 1.06 bits per heavy atom. The molecule has 2 fully saturated rings. The Morgan fingerprint density at radius 3 is 2.52 bits per heavy atom. The number of benzene rings is 1. The Bertz CT molecular complexity index is 1100. The van der Waals surface area contributed by atoms with E-state index < -0.39 is 10.0 Å². The maximum absolute atomic E-state index is 13.6. The van der Waals surface area contributed by atoms with Crippen molar-refractivity contribution < 1.29 is 13.2 Å². The number of likely N-dealkylation sites (N-methyl/N-ethyl adjacent to an activating group) is 1. The van der Waals surface area contributed by atoms with E-state index >= 15 is 0 Å². The van der Waals surface area contributed by atoms with Gasteiger partial charge in [0.15, 0.2) is 0 Å². The minimum absolute atomic E-state index is 0.136. The number of sulfonamides is 1. The van der Waals surface area contributed by atoms with Crippen LogP contribution in [0.5, 0.6) is 0 Å². The van der Waals surface area contributed by atoms with Crippen molar-refractivity contribution in [2.24, 2.45) is 0 Å². The molecule has 33 heavy (non-hydrogen) atoms. The van der Waals surface area contributed by atoms with Crippen molar-refractivity contribution in [1.29, 1.82) is 0 Å². The number of anilines is 1. The van der Waals surface area contributed by atoms with Gasteiger partial charge in [0.2, 0.25) is 5.03 Å². The minimum atomic E-state index is -3.91. The number of hydrogen-bond donors (Lipinski definition) is 0. The summed E-state index contributed by atoms with van der Waals surface area (Å²) < 4.78 is 30.1. The van der Waals surface area contributed by atoms with E-state index in [2.05, 4.69) is 14.9 Å². The van der Waals surface area contributed by atoms with E-state index in [4.69, 9.17) is 11.6 Å². The maximum atomic E-state index is 13.6. The van der Waals surface area contributed by atoms with Gasteiger partial charge < -0.3 is 14.7 Å². The van der Waals surface area contributed by atoms with Crippen LogP contribution in [0.15, 0.2) is 35.5 Å². The molecule has 0 atom stereocenters. The number of halogens is 1. The van der Waals surface area contributed by atoms with Gasteiger partial charge in [0.05, 0.1) is 5.56 Å². The monoisotopic (exact) mass is 494 g/mol. The first-order chi connectivity index (χ1) is 15.8. The topological polar surface area (TPSA) is 82.0 Å². The molecule has 3 heterocycles. The summed E-state index contributed by atoms with van der Waals surface area (Å²) in [6.07, 6.45) is 2.43. The van der Waals surface area contributed by atoms with Gasteiger partial charge in [-0.2, -0.15) is 9.40 Å². The minimum Gasteiger partial charge on any atom is -0.369 e. The molecule has 0 saturated carbocycles. The largest absolute Gasteiger partial charge is 0.369 e. The third kappa shape index (κ3) is 5.18. The van der Waals surface area contributed by atoms with Gasteiger partial charge in [0.1, 0.15) is 0 Å². The molecule has 1 aromatic heterocycles. The number of aromatic nitrogens is 2. The zero-order valence-corrected chi connectivity index (χ0v) is 20.7. The van der Waals surface area contributed by atoms with Crippen LogP contribution in [0.2, 0.25) is 5.02 Å². The second-order valence-electron chi connectivity index (χ2n) is 8.52. The molecular weight excluding hydrogens is 464 g/mol. The second kappa shape index (κ2) is 10.0. The van der Waals surface area contributed by atoms with Gasteiger partial charge in [-0.05, 0) is 45.1 Å². The summed E-state index contributed by atoms with van der Waals surface area (Å²) in [5.41, 5.74) is 1.13. The average Bonchev–Trinajstić information content (AvgIpc) is 3.15. The van der Waals surface area contributed by atoms with Crippen molar-refractivity contribution in [2.45, 2.75) is 24.9 Å². The summed E-state index contributed by atoms with van der Waals surface area (Å²) in [6.45, 7) is 6.94. The van der Waals surface area contributed by atoms with Gasteiger partial charge in [-0.1, -0.05) is 17.7 Å². The highest BCUT2D eigenvalue weighted by Gasteiger charge is 2.36. The molecule has 1 amide bonds. The lowest BCUT2D eigenvalue weighted by Crippen LogP contribution is -2.49. The average molecular weight is 495 g/mol. The first-order valence-electron chi connectivity index (χ1n) is 11.4. The lowest BCUT2D eigenvalue weighted by Gasteiger charge is -2.35. The van der Waals surface area contributed by atoms with E-state index in [1.807, 2.05) is 38.2 Å². The molecule has 2 aromatic rings. The Hall–Kier alpha value is -2.14. The van der Waals surface area contributed by atoms with Crippen molar-refractivity contribution >= 4 is 33.2 Å². The maximum Gasteiger partial charge on any atom is 0.263 e. The summed E-state index contributed by atoms with van der Waals surface area (Å²) in [7, 11) is -1.88. The van der Waals surface area contributed by atoms with Crippen molar-refractivity contribution in [1.82, 2.24) is 23.9 Å². The number of rotatable bonds is 5. The van der Waals surface area contributed by atoms with E-state index in [1.54, 1.807) is 11.1 Å². The molecule has 2 aliphatic rings. The zero-order valence-electron chi connectivity index (χ0n) is 19.2. The number of amides is 1. The van der Waals surface area contributed by atoms with Crippen molar-refractivity contribution in [2.75, 3.05) is 64.3 Å². The van der Waals surface area contributed by atoms with Crippen molar-refractivity contribution in [3.63, 3.8) is 0 Å². The smallest absolute Gasteiger partial charge is 0.263 e. The highest BCUT2D eigenvalue weighted by molar-refractivity contribution is 7.89. The van der Waals surface area contributed by atoms with Crippen LogP contribution in [0.3, 0.4) is 0 Å². The van der Waals surface area contributed by atoms with Crippen LogP contribution in [-0.2, 0) is 16.6 Å². The molecule has 1 aromatic carbocycles. The number of carbonyl (C=O) groups is 1. The summed E-state index contributed by atoms with van der Waals surface area (Å²) in [5, 5.41) is 4.83. The van der Waals surface area contributed by atoms with Crippen LogP contribution in [0.25, 0.3) is 0 Å². The lowest BCUT2D eigenvalue weighted by molar-refractivity contribution is 0.0758. The number of aryl methyl sites for hydroxylation is 1. The first-order valence-corrected chi connectivity index (χ1v) is 13.2. The Balaban J connectivity index is 1.54. The van der Waals surface area contributed by atoms with Crippen LogP contribution in [0, 0.1) is 0 Å².